The van der Waals surface area contributed by atoms with Gasteiger partial charge in [-0.15, -0.1) is 0 Å². The molecule has 53 heavy (non-hydrogen) atoms. The maximum atomic E-state index is 12.7. The first-order valence-corrected chi connectivity index (χ1v) is 23.0. The Morgan fingerprint density at radius 2 is 1.21 bits per heavy atom. The molecular weight excluding hydrogens is 693 g/mol. The number of hydrogen-bond donors (Lipinski definition) is 1. The van der Waals surface area contributed by atoms with Crippen LogP contribution in [0.25, 0.3) is 0 Å². The van der Waals surface area contributed by atoms with E-state index in [0.29, 0.717) is 29.7 Å². The SMILES string of the molecule is CCCCCCCCCCCCCCCC(=O)OCC(COP(=O)(O)OCC[N+](C)(C)C)OC(=O)CCCCCCC/C=C\CC1OC1CCCCC. The van der Waals surface area contributed by atoms with Gasteiger partial charge in [0.15, 0.2) is 6.10 Å². The van der Waals surface area contributed by atoms with Crippen molar-refractivity contribution in [3.8, 4) is 0 Å². The summed E-state index contributed by atoms with van der Waals surface area (Å²) in [5.74, 6) is -0.814. The molecular formula is C42H81NO9P+. The van der Waals surface area contributed by atoms with Crippen LogP contribution in [0.5, 0.6) is 0 Å². The molecule has 1 fully saturated rings. The lowest BCUT2D eigenvalue weighted by Gasteiger charge is -2.24. The van der Waals surface area contributed by atoms with Gasteiger partial charge in [0.2, 0.25) is 0 Å². The van der Waals surface area contributed by atoms with Crippen LogP contribution >= 0.6 is 7.82 Å². The van der Waals surface area contributed by atoms with Crippen molar-refractivity contribution < 1.29 is 46.8 Å². The van der Waals surface area contributed by atoms with E-state index < -0.39 is 26.5 Å². The lowest BCUT2D eigenvalue weighted by Crippen LogP contribution is -2.37. The van der Waals surface area contributed by atoms with Gasteiger partial charge in [0, 0.05) is 12.8 Å². The van der Waals surface area contributed by atoms with Crippen molar-refractivity contribution in [3.63, 3.8) is 0 Å². The molecule has 1 aliphatic rings. The highest BCUT2D eigenvalue weighted by atomic mass is 31.2. The van der Waals surface area contributed by atoms with E-state index in [1.54, 1.807) is 0 Å². The molecule has 312 valence electrons. The van der Waals surface area contributed by atoms with Gasteiger partial charge in [-0.05, 0) is 38.5 Å². The third kappa shape index (κ3) is 32.6. The summed E-state index contributed by atoms with van der Waals surface area (Å²) in [6, 6.07) is 0. The first-order chi connectivity index (χ1) is 25.5. The van der Waals surface area contributed by atoms with Crippen molar-refractivity contribution in [3.05, 3.63) is 12.2 Å². The number of allylic oxidation sites excluding steroid dienone is 1. The van der Waals surface area contributed by atoms with E-state index in [-0.39, 0.29) is 32.0 Å². The van der Waals surface area contributed by atoms with Gasteiger partial charge in [0.1, 0.15) is 19.8 Å². The second-order valence-corrected chi connectivity index (χ2v) is 17.6. The van der Waals surface area contributed by atoms with E-state index in [4.69, 9.17) is 23.3 Å². The van der Waals surface area contributed by atoms with Gasteiger partial charge in [0.05, 0.1) is 40.0 Å². The number of ether oxygens (including phenoxy) is 3. The third-order valence-corrected chi connectivity index (χ3v) is 10.7. The topological polar surface area (TPSA) is 121 Å². The zero-order valence-corrected chi connectivity index (χ0v) is 35.6. The van der Waals surface area contributed by atoms with Gasteiger partial charge < -0.3 is 23.6 Å². The Bertz CT molecular complexity index is 986. The first kappa shape index (κ1) is 49.7. The number of phosphoric acid groups is 1. The second-order valence-electron chi connectivity index (χ2n) is 16.1. The predicted molar refractivity (Wildman–Crippen MR) is 215 cm³/mol. The van der Waals surface area contributed by atoms with Crippen LogP contribution in [0, 0.1) is 0 Å². The molecule has 0 aromatic rings. The summed E-state index contributed by atoms with van der Waals surface area (Å²) in [5.41, 5.74) is 0. The summed E-state index contributed by atoms with van der Waals surface area (Å²) in [6.45, 7) is 4.37. The van der Waals surface area contributed by atoms with E-state index in [0.717, 1.165) is 57.8 Å². The summed E-state index contributed by atoms with van der Waals surface area (Å²) in [7, 11) is 1.47. The average molecular weight is 775 g/mol. The summed E-state index contributed by atoms with van der Waals surface area (Å²) in [5, 5.41) is 0. The molecule has 11 heteroatoms. The minimum Gasteiger partial charge on any atom is -0.462 e. The number of likely N-dealkylation sites (N-methyl/N-ethyl adjacent to an activating group) is 1. The highest BCUT2D eigenvalue weighted by molar-refractivity contribution is 7.47. The molecule has 1 heterocycles. The molecule has 10 nitrogen and oxygen atoms in total. The monoisotopic (exact) mass is 775 g/mol. The number of unbranched alkanes of at least 4 members (excludes halogenated alkanes) is 19. The molecule has 0 spiro atoms. The van der Waals surface area contributed by atoms with Crippen LogP contribution in [-0.4, -0.2) is 87.1 Å². The van der Waals surface area contributed by atoms with Crippen molar-refractivity contribution in [1.82, 2.24) is 0 Å². The van der Waals surface area contributed by atoms with Crippen LogP contribution in [0.15, 0.2) is 12.2 Å². The highest BCUT2D eigenvalue weighted by Crippen LogP contribution is 2.43. The molecule has 1 N–H and O–H groups in total. The van der Waals surface area contributed by atoms with Crippen LogP contribution in [-0.2, 0) is 37.4 Å². The van der Waals surface area contributed by atoms with E-state index in [9.17, 15) is 19.0 Å². The Balaban J connectivity index is 2.28. The van der Waals surface area contributed by atoms with Gasteiger partial charge in [-0.3, -0.25) is 18.6 Å². The number of carbonyl (C=O) groups is 2. The van der Waals surface area contributed by atoms with Crippen LogP contribution in [0.4, 0.5) is 0 Å². The quantitative estimate of drug-likeness (QED) is 0.0163. The zero-order valence-electron chi connectivity index (χ0n) is 34.7. The molecule has 0 amide bonds. The Hall–Kier alpha value is -1.29. The smallest absolute Gasteiger partial charge is 0.462 e. The Morgan fingerprint density at radius 1 is 0.679 bits per heavy atom. The van der Waals surface area contributed by atoms with Crippen LogP contribution in [0.2, 0.25) is 0 Å². The van der Waals surface area contributed by atoms with Gasteiger partial charge in [-0.1, -0.05) is 142 Å². The summed E-state index contributed by atoms with van der Waals surface area (Å²) in [4.78, 5) is 35.3. The minimum absolute atomic E-state index is 0.0289. The molecule has 0 saturated carbocycles. The standard InChI is InChI=1S/C42H80NO9P/c1-6-8-10-11-12-13-14-15-16-17-21-24-28-32-41(44)48-36-38(37-50-53(46,47)49-35-34-43(3,4)5)51-42(45)33-29-25-22-19-18-20-23-27-31-40-39(52-40)30-26-9-7-2/h23,27,38-40H,6-22,24-26,28-37H2,1-5H3/p+1/b27-23-. The molecule has 0 aromatic heterocycles. The minimum atomic E-state index is -4.37. The molecule has 1 aliphatic heterocycles. The molecule has 4 atom stereocenters. The average Bonchev–Trinajstić information content (AvgIpc) is 3.86. The van der Waals surface area contributed by atoms with Crippen molar-refractivity contribution in [2.24, 2.45) is 0 Å². The van der Waals surface area contributed by atoms with E-state index >= 15 is 0 Å². The molecule has 1 rings (SSSR count). The fourth-order valence-electron chi connectivity index (χ4n) is 6.20. The third-order valence-electron chi connectivity index (χ3n) is 9.72. The van der Waals surface area contributed by atoms with Crippen LogP contribution < -0.4 is 0 Å². The Morgan fingerprint density at radius 3 is 1.79 bits per heavy atom. The predicted octanol–water partition coefficient (Wildman–Crippen LogP) is 10.8. The van der Waals surface area contributed by atoms with Crippen LogP contribution in [0.1, 0.15) is 181 Å². The number of nitrogens with zero attached hydrogens (tertiary/aromatic N) is 1. The van der Waals surface area contributed by atoms with Crippen LogP contribution in [0.3, 0.4) is 0 Å². The van der Waals surface area contributed by atoms with E-state index in [1.165, 1.54) is 89.9 Å². The lowest BCUT2D eigenvalue weighted by atomic mass is 10.0. The number of phosphoric ester groups is 1. The van der Waals surface area contributed by atoms with Crippen molar-refractivity contribution in [2.75, 3.05) is 47.5 Å². The molecule has 1 saturated heterocycles. The number of quaternary nitrogens is 1. The zero-order chi connectivity index (χ0) is 39.0. The van der Waals surface area contributed by atoms with Crippen molar-refractivity contribution in [1.29, 1.82) is 0 Å². The van der Waals surface area contributed by atoms with E-state index in [1.807, 2.05) is 21.1 Å². The Kier molecular flexibility index (Phi) is 29.9. The maximum absolute atomic E-state index is 12.7. The van der Waals surface area contributed by atoms with Crippen molar-refractivity contribution in [2.45, 2.75) is 199 Å². The maximum Gasteiger partial charge on any atom is 0.472 e. The normalized spacial score (nSPS) is 17.5. The summed E-state index contributed by atoms with van der Waals surface area (Å²) >= 11 is 0. The highest BCUT2D eigenvalue weighted by Gasteiger charge is 2.36. The fourth-order valence-corrected chi connectivity index (χ4v) is 6.94. The molecule has 4 unspecified atom stereocenters. The molecule has 0 aliphatic carbocycles. The lowest BCUT2D eigenvalue weighted by molar-refractivity contribution is -0.870. The Labute approximate surface area is 324 Å². The second kappa shape index (κ2) is 31.9. The summed E-state index contributed by atoms with van der Waals surface area (Å²) in [6.07, 6.45) is 32.8. The number of rotatable bonds is 38. The van der Waals surface area contributed by atoms with Gasteiger partial charge in [-0.2, -0.15) is 0 Å². The van der Waals surface area contributed by atoms with Gasteiger partial charge in [-0.25, -0.2) is 4.57 Å². The first-order valence-electron chi connectivity index (χ1n) is 21.5. The largest absolute Gasteiger partial charge is 0.472 e. The van der Waals surface area contributed by atoms with E-state index in [2.05, 4.69) is 26.0 Å². The summed E-state index contributed by atoms with van der Waals surface area (Å²) < 4.78 is 40.0. The number of carbonyl (C=O) groups excluding carboxylic acids is 2. The number of esters is 2. The molecule has 0 bridgehead atoms. The number of epoxide rings is 1. The van der Waals surface area contributed by atoms with Gasteiger partial charge >= 0.3 is 19.8 Å². The fraction of sp³-hybridized carbons (Fsp3) is 0.905. The van der Waals surface area contributed by atoms with Crippen molar-refractivity contribution >= 4 is 19.8 Å². The number of hydrogen-bond acceptors (Lipinski definition) is 8. The van der Waals surface area contributed by atoms with Gasteiger partial charge in [0.25, 0.3) is 0 Å². The molecule has 0 radical (unpaired) electrons. The molecule has 0 aromatic carbocycles.